The third-order valence-electron chi connectivity index (χ3n) is 5.84. The molecule has 1 unspecified atom stereocenters. The summed E-state index contributed by atoms with van der Waals surface area (Å²) in [5.41, 5.74) is 0. The molecule has 0 amide bonds. The highest BCUT2D eigenvalue weighted by Crippen LogP contribution is 2.27. The van der Waals surface area contributed by atoms with Crippen molar-refractivity contribution < 1.29 is 22.0 Å². The summed E-state index contributed by atoms with van der Waals surface area (Å²) in [7, 11) is 2.40. The van der Waals surface area contributed by atoms with E-state index in [1.807, 2.05) is 0 Å². The highest BCUT2D eigenvalue weighted by atomic mass is 35.5. The molecular weight excluding hydrogens is 306 g/mol. The maximum atomic E-state index is 9.46. The molecule has 0 bridgehead atoms. The highest BCUT2D eigenvalue weighted by Gasteiger charge is 2.32. The zero-order valence-corrected chi connectivity index (χ0v) is 16.6. The molecule has 0 heterocycles. The molecule has 0 aromatic heterocycles. The minimum Gasteiger partial charge on any atom is -1.00 e. The number of hydrogen-bond donors (Lipinski definition) is 1. The molecule has 1 N–H and O–H groups in total. The van der Waals surface area contributed by atoms with E-state index in [2.05, 4.69) is 14.0 Å². The third kappa shape index (κ3) is 9.94. The molecule has 1 fully saturated rings. The summed E-state index contributed by atoms with van der Waals surface area (Å²) >= 11 is 0. The number of halogens is 1. The number of aliphatic hydroxyl groups excluding tert-OH is 1. The van der Waals surface area contributed by atoms with E-state index >= 15 is 0 Å². The summed E-state index contributed by atoms with van der Waals surface area (Å²) in [5.74, 6) is 0. The van der Waals surface area contributed by atoms with Gasteiger partial charge in [0.25, 0.3) is 0 Å². The summed E-state index contributed by atoms with van der Waals surface area (Å²) in [6.07, 6.45) is 19.7. The molecule has 0 spiro atoms. The van der Waals surface area contributed by atoms with Gasteiger partial charge in [0.2, 0.25) is 0 Å². The molecule has 23 heavy (non-hydrogen) atoms. The first-order valence-corrected chi connectivity index (χ1v) is 10.2. The molecule has 2 nitrogen and oxygen atoms in total. The molecule has 1 aliphatic rings. The Bertz CT molecular complexity index is 256. The zero-order chi connectivity index (χ0) is 16.1. The molecule has 1 saturated carbocycles. The fourth-order valence-electron chi connectivity index (χ4n) is 4.19. The first-order valence-electron chi connectivity index (χ1n) is 10.2. The van der Waals surface area contributed by atoms with Gasteiger partial charge in [-0.2, -0.15) is 0 Å². The van der Waals surface area contributed by atoms with Crippen LogP contribution in [0.5, 0.6) is 0 Å². The topological polar surface area (TPSA) is 20.2 Å². The Balaban J connectivity index is 0.00000484. The molecule has 140 valence electrons. The maximum absolute atomic E-state index is 9.46. The molecule has 0 saturated heterocycles. The van der Waals surface area contributed by atoms with Gasteiger partial charge in [-0.15, -0.1) is 0 Å². The Morgan fingerprint density at radius 2 is 1.30 bits per heavy atom. The van der Waals surface area contributed by atoms with Crippen LogP contribution in [0.2, 0.25) is 0 Å². The van der Waals surface area contributed by atoms with E-state index in [0.717, 1.165) is 17.1 Å². The van der Waals surface area contributed by atoms with Gasteiger partial charge in [-0.25, -0.2) is 0 Å². The third-order valence-corrected chi connectivity index (χ3v) is 5.84. The second-order valence-electron chi connectivity index (χ2n) is 7.77. The van der Waals surface area contributed by atoms with Crippen LogP contribution in [0.4, 0.5) is 0 Å². The molecule has 1 rings (SSSR count). The van der Waals surface area contributed by atoms with Gasteiger partial charge >= 0.3 is 0 Å². The van der Waals surface area contributed by atoms with Crippen molar-refractivity contribution in [1.29, 1.82) is 0 Å². The van der Waals surface area contributed by atoms with E-state index in [-0.39, 0.29) is 12.4 Å². The van der Waals surface area contributed by atoms with E-state index in [0.29, 0.717) is 6.61 Å². The summed E-state index contributed by atoms with van der Waals surface area (Å²) in [6.45, 7) is 4.88. The van der Waals surface area contributed by atoms with Crippen LogP contribution in [0.1, 0.15) is 96.8 Å². The second kappa shape index (κ2) is 14.5. The van der Waals surface area contributed by atoms with Gasteiger partial charge in [0.1, 0.15) is 6.54 Å². The van der Waals surface area contributed by atoms with E-state index in [9.17, 15) is 5.11 Å². The number of quaternary nitrogens is 1. The number of likely N-dealkylation sites (N-methyl/N-ethyl adjacent to an activating group) is 1. The van der Waals surface area contributed by atoms with E-state index in [4.69, 9.17) is 0 Å². The molecule has 3 heteroatoms. The number of unbranched alkanes of at least 4 members (excludes halogenated alkanes) is 8. The minimum absolute atomic E-state index is 0. The molecular formula is C20H42ClNO. The van der Waals surface area contributed by atoms with Crippen molar-refractivity contribution in [3.05, 3.63) is 0 Å². The van der Waals surface area contributed by atoms with Gasteiger partial charge in [0.05, 0.1) is 26.2 Å². The lowest BCUT2D eigenvalue weighted by Gasteiger charge is -2.43. The largest absolute Gasteiger partial charge is 1.00 e. The van der Waals surface area contributed by atoms with Gasteiger partial charge in [0, 0.05) is 0 Å². The molecule has 0 aromatic rings. The Labute approximate surface area is 152 Å². The lowest BCUT2D eigenvalue weighted by atomic mass is 9.92. The standard InChI is InChI=1S/C20H42NO.ClH/c1-3-4-5-6-7-8-9-10-14-17-21(2,18-19-22)20-15-12-11-13-16-20;/h20,22H,3-19H2,1-2H3;1H/q+1;/p-1. The summed E-state index contributed by atoms with van der Waals surface area (Å²) in [4.78, 5) is 0. The number of nitrogens with zero attached hydrogens (tertiary/aromatic N) is 1. The van der Waals surface area contributed by atoms with Crippen LogP contribution < -0.4 is 12.4 Å². The first-order chi connectivity index (χ1) is 10.7. The van der Waals surface area contributed by atoms with Gasteiger partial charge in [0.15, 0.2) is 0 Å². The highest BCUT2D eigenvalue weighted by molar-refractivity contribution is 4.67. The van der Waals surface area contributed by atoms with Crippen molar-refractivity contribution in [2.45, 2.75) is 103 Å². The molecule has 1 atom stereocenters. The van der Waals surface area contributed by atoms with Gasteiger partial charge in [-0.3, -0.25) is 0 Å². The predicted molar refractivity (Wildman–Crippen MR) is 97.1 cm³/mol. The second-order valence-corrected chi connectivity index (χ2v) is 7.77. The Morgan fingerprint density at radius 3 is 1.83 bits per heavy atom. The maximum Gasteiger partial charge on any atom is 0.102 e. The normalized spacial score (nSPS) is 18.4. The van der Waals surface area contributed by atoms with E-state index in [1.165, 1.54) is 96.4 Å². The lowest BCUT2D eigenvalue weighted by molar-refractivity contribution is -0.935. The van der Waals surface area contributed by atoms with Crippen molar-refractivity contribution in [2.75, 3.05) is 26.7 Å². The lowest BCUT2D eigenvalue weighted by Crippen LogP contribution is -3.00. The average molecular weight is 348 g/mol. The quantitative estimate of drug-likeness (QED) is 0.400. The first kappa shape index (κ1) is 23.2. The van der Waals surface area contributed by atoms with Crippen molar-refractivity contribution in [3.8, 4) is 0 Å². The van der Waals surface area contributed by atoms with Crippen LogP contribution in [0.3, 0.4) is 0 Å². The Hall–Kier alpha value is 0.210. The smallest absolute Gasteiger partial charge is 0.102 e. The minimum atomic E-state index is 0. The van der Waals surface area contributed by atoms with E-state index < -0.39 is 0 Å². The van der Waals surface area contributed by atoms with Crippen LogP contribution >= 0.6 is 0 Å². The molecule has 0 aliphatic heterocycles. The summed E-state index contributed by atoms with van der Waals surface area (Å²) in [5, 5.41) is 9.46. The van der Waals surface area contributed by atoms with Gasteiger partial charge < -0.3 is 22.0 Å². The Kier molecular flexibility index (Phi) is 14.7. The van der Waals surface area contributed by atoms with Crippen LogP contribution in [-0.2, 0) is 0 Å². The van der Waals surface area contributed by atoms with Crippen LogP contribution in [0.25, 0.3) is 0 Å². The number of hydrogen-bond acceptors (Lipinski definition) is 1. The Morgan fingerprint density at radius 1 is 0.783 bits per heavy atom. The van der Waals surface area contributed by atoms with Crippen molar-refractivity contribution in [3.63, 3.8) is 0 Å². The fourth-order valence-corrected chi connectivity index (χ4v) is 4.19. The fraction of sp³-hybridized carbons (Fsp3) is 1.00. The van der Waals surface area contributed by atoms with Crippen LogP contribution in [0.15, 0.2) is 0 Å². The SMILES string of the molecule is CCCCCCCCCCC[N+](C)(CCO)C1CCCCC1.[Cl-]. The van der Waals surface area contributed by atoms with Crippen LogP contribution in [0, 0.1) is 0 Å². The van der Waals surface area contributed by atoms with E-state index in [1.54, 1.807) is 0 Å². The molecule has 0 aromatic carbocycles. The monoisotopic (exact) mass is 347 g/mol. The van der Waals surface area contributed by atoms with Gasteiger partial charge in [-0.05, 0) is 38.5 Å². The van der Waals surface area contributed by atoms with Gasteiger partial charge in [-0.1, -0.05) is 58.3 Å². The summed E-state index contributed by atoms with van der Waals surface area (Å²) < 4.78 is 1.13. The zero-order valence-electron chi connectivity index (χ0n) is 15.9. The molecule has 1 aliphatic carbocycles. The van der Waals surface area contributed by atoms with Crippen molar-refractivity contribution in [1.82, 2.24) is 0 Å². The average Bonchev–Trinajstić information content (AvgIpc) is 2.54. The summed E-state index contributed by atoms with van der Waals surface area (Å²) in [6, 6.07) is 0.815. The molecule has 0 radical (unpaired) electrons. The van der Waals surface area contributed by atoms with Crippen molar-refractivity contribution >= 4 is 0 Å². The number of aliphatic hydroxyl groups is 1. The van der Waals surface area contributed by atoms with Crippen LogP contribution in [-0.4, -0.2) is 42.4 Å². The predicted octanol–water partition coefficient (Wildman–Crippen LogP) is 2.29. The number of rotatable bonds is 13. The van der Waals surface area contributed by atoms with Crippen molar-refractivity contribution in [2.24, 2.45) is 0 Å².